The van der Waals surface area contributed by atoms with Gasteiger partial charge in [-0.2, -0.15) is 0 Å². The molecule has 0 aliphatic carbocycles. The van der Waals surface area contributed by atoms with Crippen LogP contribution in [0, 0.1) is 5.92 Å². The van der Waals surface area contributed by atoms with Crippen molar-refractivity contribution in [3.05, 3.63) is 0 Å². The fourth-order valence-electron chi connectivity index (χ4n) is 1.76. The number of nitrogens with one attached hydrogen (secondary N) is 2. The Morgan fingerprint density at radius 2 is 2.08 bits per heavy atom. The third kappa shape index (κ3) is 4.63. The highest BCUT2D eigenvalue weighted by Gasteiger charge is 2.11. The molecule has 1 aliphatic rings. The van der Waals surface area contributed by atoms with Crippen molar-refractivity contribution < 1.29 is 0 Å². The second kappa shape index (κ2) is 6.39. The SMILES string of the molecule is CCC(C)CCNC1CCNCC1. The number of rotatable bonds is 5. The zero-order valence-corrected chi connectivity index (χ0v) is 9.10. The van der Waals surface area contributed by atoms with E-state index in [1.165, 1.54) is 45.3 Å². The lowest BCUT2D eigenvalue weighted by molar-refractivity contribution is 0.370. The first kappa shape index (κ1) is 11.0. The van der Waals surface area contributed by atoms with Crippen molar-refractivity contribution >= 4 is 0 Å². The molecule has 0 amide bonds. The molecule has 1 unspecified atom stereocenters. The molecule has 1 rings (SSSR count). The van der Waals surface area contributed by atoms with Gasteiger partial charge in [-0.3, -0.25) is 0 Å². The highest BCUT2D eigenvalue weighted by atomic mass is 15.0. The second-order valence-corrected chi connectivity index (χ2v) is 4.28. The Morgan fingerprint density at radius 1 is 1.38 bits per heavy atom. The van der Waals surface area contributed by atoms with E-state index in [2.05, 4.69) is 24.5 Å². The van der Waals surface area contributed by atoms with Crippen LogP contribution in [0.4, 0.5) is 0 Å². The normalized spacial score (nSPS) is 21.7. The molecule has 0 aromatic carbocycles. The van der Waals surface area contributed by atoms with E-state index in [-0.39, 0.29) is 0 Å². The van der Waals surface area contributed by atoms with Crippen molar-refractivity contribution in [1.29, 1.82) is 0 Å². The van der Waals surface area contributed by atoms with Crippen molar-refractivity contribution in [1.82, 2.24) is 10.6 Å². The zero-order valence-electron chi connectivity index (χ0n) is 9.10. The molecule has 1 heterocycles. The van der Waals surface area contributed by atoms with E-state index in [0.29, 0.717) is 0 Å². The first-order chi connectivity index (χ1) is 6.33. The van der Waals surface area contributed by atoms with Gasteiger partial charge in [0.2, 0.25) is 0 Å². The lowest BCUT2D eigenvalue weighted by Crippen LogP contribution is -2.40. The van der Waals surface area contributed by atoms with E-state index in [9.17, 15) is 0 Å². The van der Waals surface area contributed by atoms with Gasteiger partial charge in [-0.25, -0.2) is 0 Å². The standard InChI is InChI=1S/C11H24N2/c1-3-10(2)4-9-13-11-5-7-12-8-6-11/h10-13H,3-9H2,1-2H3. The molecule has 1 fully saturated rings. The lowest BCUT2D eigenvalue weighted by Gasteiger charge is -2.24. The van der Waals surface area contributed by atoms with Crippen LogP contribution in [0.15, 0.2) is 0 Å². The third-order valence-electron chi connectivity index (χ3n) is 3.11. The molecule has 0 aromatic rings. The predicted octanol–water partition coefficient (Wildman–Crippen LogP) is 1.76. The van der Waals surface area contributed by atoms with E-state index >= 15 is 0 Å². The minimum atomic E-state index is 0.783. The summed E-state index contributed by atoms with van der Waals surface area (Å²) in [5.74, 6) is 0.884. The maximum Gasteiger partial charge on any atom is 0.00912 e. The number of hydrogen-bond donors (Lipinski definition) is 2. The molecule has 1 aliphatic heterocycles. The number of piperidine rings is 1. The molecule has 1 saturated heterocycles. The van der Waals surface area contributed by atoms with Gasteiger partial charge in [0.05, 0.1) is 0 Å². The molecule has 0 aromatic heterocycles. The monoisotopic (exact) mass is 184 g/mol. The van der Waals surface area contributed by atoms with Crippen LogP contribution < -0.4 is 10.6 Å². The highest BCUT2D eigenvalue weighted by molar-refractivity contribution is 4.74. The van der Waals surface area contributed by atoms with Crippen LogP contribution in [0.5, 0.6) is 0 Å². The topological polar surface area (TPSA) is 24.1 Å². The van der Waals surface area contributed by atoms with E-state index in [4.69, 9.17) is 0 Å². The predicted molar refractivity (Wildman–Crippen MR) is 58.0 cm³/mol. The molecule has 0 bridgehead atoms. The Balaban J connectivity index is 1.98. The van der Waals surface area contributed by atoms with Gasteiger partial charge in [-0.15, -0.1) is 0 Å². The average molecular weight is 184 g/mol. The van der Waals surface area contributed by atoms with Gasteiger partial charge in [0.25, 0.3) is 0 Å². The van der Waals surface area contributed by atoms with Crippen LogP contribution in [-0.2, 0) is 0 Å². The Bertz CT molecular complexity index is 119. The molecular weight excluding hydrogens is 160 g/mol. The Hall–Kier alpha value is -0.0800. The third-order valence-corrected chi connectivity index (χ3v) is 3.11. The van der Waals surface area contributed by atoms with Crippen LogP contribution >= 0.6 is 0 Å². The summed E-state index contributed by atoms with van der Waals surface area (Å²) in [6.45, 7) is 8.21. The average Bonchev–Trinajstić information content (AvgIpc) is 2.19. The van der Waals surface area contributed by atoms with Crippen LogP contribution in [0.2, 0.25) is 0 Å². The van der Waals surface area contributed by atoms with Crippen LogP contribution in [0.25, 0.3) is 0 Å². The lowest BCUT2D eigenvalue weighted by atomic mass is 10.0. The minimum Gasteiger partial charge on any atom is -0.317 e. The molecule has 0 spiro atoms. The van der Waals surface area contributed by atoms with Gasteiger partial charge < -0.3 is 10.6 Å². The Morgan fingerprint density at radius 3 is 2.69 bits per heavy atom. The molecule has 13 heavy (non-hydrogen) atoms. The van der Waals surface area contributed by atoms with E-state index in [1.807, 2.05) is 0 Å². The summed E-state index contributed by atoms with van der Waals surface area (Å²) >= 11 is 0. The Kier molecular flexibility index (Phi) is 5.40. The maximum atomic E-state index is 3.65. The first-order valence-corrected chi connectivity index (χ1v) is 5.77. The molecule has 2 heteroatoms. The Labute approximate surface area is 82.5 Å². The minimum absolute atomic E-state index is 0.783. The smallest absolute Gasteiger partial charge is 0.00912 e. The first-order valence-electron chi connectivity index (χ1n) is 5.77. The molecule has 2 N–H and O–H groups in total. The van der Waals surface area contributed by atoms with Gasteiger partial charge in [-0.1, -0.05) is 20.3 Å². The maximum absolute atomic E-state index is 3.65. The summed E-state index contributed by atoms with van der Waals surface area (Å²) in [4.78, 5) is 0. The zero-order chi connectivity index (χ0) is 9.52. The molecule has 78 valence electrons. The molecular formula is C11H24N2. The van der Waals surface area contributed by atoms with Gasteiger partial charge in [0.1, 0.15) is 0 Å². The summed E-state index contributed by atoms with van der Waals surface area (Å²) in [7, 11) is 0. The summed E-state index contributed by atoms with van der Waals surface area (Å²) in [6, 6.07) is 0.783. The summed E-state index contributed by atoms with van der Waals surface area (Å²) in [5, 5.41) is 7.03. The largest absolute Gasteiger partial charge is 0.317 e. The molecule has 0 saturated carbocycles. The summed E-state index contributed by atoms with van der Waals surface area (Å²) in [5.41, 5.74) is 0. The van der Waals surface area contributed by atoms with Gasteiger partial charge in [0.15, 0.2) is 0 Å². The van der Waals surface area contributed by atoms with E-state index < -0.39 is 0 Å². The van der Waals surface area contributed by atoms with Gasteiger partial charge in [0, 0.05) is 6.04 Å². The van der Waals surface area contributed by atoms with Crippen molar-refractivity contribution in [3.8, 4) is 0 Å². The van der Waals surface area contributed by atoms with Gasteiger partial charge in [-0.05, 0) is 44.8 Å². The molecule has 0 radical (unpaired) electrons. The molecule has 2 nitrogen and oxygen atoms in total. The highest BCUT2D eigenvalue weighted by Crippen LogP contribution is 2.06. The van der Waals surface area contributed by atoms with Crippen LogP contribution in [0.3, 0.4) is 0 Å². The van der Waals surface area contributed by atoms with Crippen LogP contribution in [0.1, 0.15) is 39.5 Å². The quantitative estimate of drug-likeness (QED) is 0.680. The van der Waals surface area contributed by atoms with Crippen LogP contribution in [-0.4, -0.2) is 25.7 Å². The summed E-state index contributed by atoms with van der Waals surface area (Å²) in [6.07, 6.45) is 5.26. The summed E-state index contributed by atoms with van der Waals surface area (Å²) < 4.78 is 0. The van der Waals surface area contributed by atoms with Crippen molar-refractivity contribution in [2.24, 2.45) is 5.92 Å². The number of hydrogen-bond acceptors (Lipinski definition) is 2. The van der Waals surface area contributed by atoms with Crippen molar-refractivity contribution in [2.45, 2.75) is 45.6 Å². The molecule has 1 atom stereocenters. The van der Waals surface area contributed by atoms with E-state index in [0.717, 1.165) is 12.0 Å². The van der Waals surface area contributed by atoms with Crippen molar-refractivity contribution in [2.75, 3.05) is 19.6 Å². The van der Waals surface area contributed by atoms with E-state index in [1.54, 1.807) is 0 Å². The second-order valence-electron chi connectivity index (χ2n) is 4.28. The fourth-order valence-corrected chi connectivity index (χ4v) is 1.76. The van der Waals surface area contributed by atoms with Gasteiger partial charge >= 0.3 is 0 Å². The van der Waals surface area contributed by atoms with Crippen molar-refractivity contribution in [3.63, 3.8) is 0 Å². The fraction of sp³-hybridized carbons (Fsp3) is 1.00.